The van der Waals surface area contributed by atoms with Gasteiger partial charge in [-0.25, -0.2) is 8.42 Å². The second-order valence-electron chi connectivity index (χ2n) is 5.18. The monoisotopic (exact) mass is 315 g/mol. The van der Waals surface area contributed by atoms with Crippen LogP contribution in [0.5, 0.6) is 0 Å². The van der Waals surface area contributed by atoms with Crippen molar-refractivity contribution < 1.29 is 8.42 Å². The molecule has 114 valence electrons. The molecule has 1 aromatic carbocycles. The highest BCUT2D eigenvalue weighted by Crippen LogP contribution is 2.23. The number of sulfone groups is 1. The van der Waals surface area contributed by atoms with Gasteiger partial charge in [-0.2, -0.15) is 11.8 Å². The smallest absolute Gasteiger partial charge is 0.148 e. The number of thioether (sulfide) groups is 1. The number of nitrogens with one attached hydrogen (secondary N) is 1. The zero-order chi connectivity index (χ0) is 15.2. The Morgan fingerprint density at radius 3 is 2.60 bits per heavy atom. The first-order valence-electron chi connectivity index (χ1n) is 6.89. The van der Waals surface area contributed by atoms with Gasteiger partial charge in [-0.15, -0.1) is 0 Å². The summed E-state index contributed by atoms with van der Waals surface area (Å²) < 4.78 is 22.3. The van der Waals surface area contributed by atoms with E-state index in [-0.39, 0.29) is 11.8 Å². The summed E-state index contributed by atoms with van der Waals surface area (Å²) in [6.07, 6.45) is 1.29. The minimum atomic E-state index is -2.86. The molecule has 3 nitrogen and oxygen atoms in total. The van der Waals surface area contributed by atoms with Crippen LogP contribution in [0.15, 0.2) is 18.2 Å². The summed E-state index contributed by atoms with van der Waals surface area (Å²) in [7, 11) is -2.86. The lowest BCUT2D eigenvalue weighted by Crippen LogP contribution is -2.24. The van der Waals surface area contributed by atoms with Crippen LogP contribution in [0.3, 0.4) is 0 Å². The summed E-state index contributed by atoms with van der Waals surface area (Å²) in [5.74, 6) is 1.81. The predicted octanol–water partition coefficient (Wildman–Crippen LogP) is 2.73. The molecule has 0 fully saturated rings. The first-order chi connectivity index (χ1) is 9.33. The summed E-state index contributed by atoms with van der Waals surface area (Å²) in [6, 6.07) is 6.78. The predicted molar refractivity (Wildman–Crippen MR) is 89.4 cm³/mol. The molecule has 0 saturated heterocycles. The number of rotatable bonds is 8. The number of aryl methyl sites for hydroxylation is 2. The van der Waals surface area contributed by atoms with Crippen molar-refractivity contribution in [3.05, 3.63) is 34.9 Å². The molecule has 20 heavy (non-hydrogen) atoms. The summed E-state index contributed by atoms with van der Waals surface area (Å²) >= 11 is 1.70. The molecule has 0 aromatic heterocycles. The fourth-order valence-electron chi connectivity index (χ4n) is 2.05. The second-order valence-corrected chi connectivity index (χ2v) is 8.58. The lowest BCUT2D eigenvalue weighted by atomic mass is 10.00. The third-order valence-corrected chi connectivity index (χ3v) is 5.41. The standard InChI is InChI=1S/C15H25NO2S2/c1-5-16-15(11-19-8-9-20(4,17)18)14-10-12(2)6-7-13(14)3/h6-7,10,15-16H,5,8-9,11H2,1-4H3. The molecule has 1 atom stereocenters. The molecule has 1 unspecified atom stereocenters. The van der Waals surface area contributed by atoms with E-state index >= 15 is 0 Å². The Bertz CT molecular complexity index is 527. The van der Waals surface area contributed by atoms with Gasteiger partial charge in [-0.1, -0.05) is 30.7 Å². The Morgan fingerprint density at radius 1 is 1.30 bits per heavy atom. The summed E-state index contributed by atoms with van der Waals surface area (Å²) in [4.78, 5) is 0. The average molecular weight is 316 g/mol. The molecule has 0 heterocycles. The lowest BCUT2D eigenvalue weighted by molar-refractivity contribution is 0.600. The van der Waals surface area contributed by atoms with Crippen LogP contribution in [0, 0.1) is 13.8 Å². The Labute approximate surface area is 127 Å². The normalized spacial score (nSPS) is 13.4. The second kappa shape index (κ2) is 8.05. The average Bonchev–Trinajstić information content (AvgIpc) is 2.35. The van der Waals surface area contributed by atoms with E-state index in [4.69, 9.17) is 0 Å². The van der Waals surface area contributed by atoms with Gasteiger partial charge < -0.3 is 5.32 Å². The van der Waals surface area contributed by atoms with Crippen molar-refractivity contribution in [1.82, 2.24) is 5.32 Å². The van der Waals surface area contributed by atoms with Gasteiger partial charge in [0.2, 0.25) is 0 Å². The zero-order valence-electron chi connectivity index (χ0n) is 12.8. The molecule has 0 aliphatic carbocycles. The third-order valence-electron chi connectivity index (χ3n) is 3.14. The first-order valence-corrected chi connectivity index (χ1v) is 10.1. The van der Waals surface area contributed by atoms with Crippen LogP contribution in [0.2, 0.25) is 0 Å². The van der Waals surface area contributed by atoms with Crippen molar-refractivity contribution in [3.8, 4) is 0 Å². The maximum atomic E-state index is 11.1. The Hall–Kier alpha value is -0.520. The van der Waals surface area contributed by atoms with Crippen molar-refractivity contribution in [3.63, 3.8) is 0 Å². The van der Waals surface area contributed by atoms with Gasteiger partial charge in [-0.3, -0.25) is 0 Å². The molecule has 0 amide bonds. The molecule has 0 spiro atoms. The maximum absolute atomic E-state index is 11.1. The Balaban J connectivity index is 2.67. The molecule has 0 bridgehead atoms. The molecule has 5 heteroatoms. The lowest BCUT2D eigenvalue weighted by Gasteiger charge is -2.20. The molecule has 0 saturated carbocycles. The van der Waals surface area contributed by atoms with Crippen LogP contribution in [0.4, 0.5) is 0 Å². The fourth-order valence-corrected chi connectivity index (χ4v) is 4.43. The van der Waals surface area contributed by atoms with Crippen molar-refractivity contribution in [2.75, 3.05) is 30.1 Å². The summed E-state index contributed by atoms with van der Waals surface area (Å²) in [5, 5.41) is 3.49. The van der Waals surface area contributed by atoms with Gasteiger partial charge in [0.25, 0.3) is 0 Å². The van der Waals surface area contributed by atoms with Gasteiger partial charge >= 0.3 is 0 Å². The van der Waals surface area contributed by atoms with E-state index in [9.17, 15) is 8.42 Å². The van der Waals surface area contributed by atoms with Crippen LogP contribution < -0.4 is 5.32 Å². The number of benzene rings is 1. The molecule has 1 N–H and O–H groups in total. The number of hydrogen-bond acceptors (Lipinski definition) is 4. The highest BCUT2D eigenvalue weighted by Gasteiger charge is 2.13. The highest BCUT2D eigenvalue weighted by molar-refractivity contribution is 8.00. The minimum absolute atomic E-state index is 0.253. The van der Waals surface area contributed by atoms with Crippen LogP contribution in [-0.2, 0) is 9.84 Å². The van der Waals surface area contributed by atoms with Crippen LogP contribution in [0.25, 0.3) is 0 Å². The zero-order valence-corrected chi connectivity index (χ0v) is 14.4. The molecular formula is C15H25NO2S2. The van der Waals surface area contributed by atoms with E-state index in [1.165, 1.54) is 22.9 Å². The van der Waals surface area contributed by atoms with Crippen molar-refractivity contribution in [2.45, 2.75) is 26.8 Å². The first kappa shape index (κ1) is 17.5. The van der Waals surface area contributed by atoms with Crippen molar-refractivity contribution in [1.29, 1.82) is 0 Å². The van der Waals surface area contributed by atoms with E-state index in [0.717, 1.165) is 12.3 Å². The Morgan fingerprint density at radius 2 is 2.00 bits per heavy atom. The molecule has 1 rings (SSSR count). The van der Waals surface area contributed by atoms with Crippen LogP contribution in [0.1, 0.15) is 29.7 Å². The van der Waals surface area contributed by atoms with Gasteiger partial charge in [-0.05, 0) is 31.5 Å². The van der Waals surface area contributed by atoms with Crippen LogP contribution in [-0.4, -0.2) is 38.5 Å². The van der Waals surface area contributed by atoms with Gasteiger partial charge in [0, 0.05) is 23.8 Å². The van der Waals surface area contributed by atoms with E-state index in [2.05, 4.69) is 44.3 Å². The van der Waals surface area contributed by atoms with Gasteiger partial charge in [0.05, 0.1) is 5.75 Å². The Kier molecular flexibility index (Phi) is 7.06. The molecule has 0 radical (unpaired) electrons. The largest absolute Gasteiger partial charge is 0.310 e. The topological polar surface area (TPSA) is 46.2 Å². The number of hydrogen-bond donors (Lipinski definition) is 1. The van der Waals surface area contributed by atoms with Crippen molar-refractivity contribution >= 4 is 21.6 Å². The summed E-state index contributed by atoms with van der Waals surface area (Å²) in [6.45, 7) is 7.23. The van der Waals surface area contributed by atoms with Gasteiger partial charge in [0.1, 0.15) is 9.84 Å². The minimum Gasteiger partial charge on any atom is -0.310 e. The SMILES string of the molecule is CCNC(CSCCS(C)(=O)=O)c1cc(C)ccc1C. The maximum Gasteiger partial charge on any atom is 0.148 e. The van der Waals surface area contributed by atoms with Crippen LogP contribution >= 0.6 is 11.8 Å². The third kappa shape index (κ3) is 6.29. The quantitative estimate of drug-likeness (QED) is 0.749. The summed E-state index contributed by atoms with van der Waals surface area (Å²) in [5.41, 5.74) is 3.86. The van der Waals surface area contributed by atoms with Gasteiger partial charge in [0.15, 0.2) is 0 Å². The van der Waals surface area contributed by atoms with E-state index in [0.29, 0.717) is 5.75 Å². The van der Waals surface area contributed by atoms with Crippen molar-refractivity contribution in [2.24, 2.45) is 0 Å². The molecule has 0 aliphatic rings. The highest BCUT2D eigenvalue weighted by atomic mass is 32.2. The van der Waals surface area contributed by atoms with E-state index < -0.39 is 9.84 Å². The molecule has 0 aliphatic heterocycles. The molecule has 1 aromatic rings. The fraction of sp³-hybridized carbons (Fsp3) is 0.600. The van der Waals surface area contributed by atoms with E-state index in [1.807, 2.05) is 0 Å². The van der Waals surface area contributed by atoms with E-state index in [1.54, 1.807) is 11.8 Å². The molecular weight excluding hydrogens is 290 g/mol.